The molecule has 0 bridgehead atoms. The normalized spacial score (nSPS) is 13.6. The number of hydrogen-bond donors (Lipinski definition) is 2. The number of hydrogen-bond acceptors (Lipinski definition) is 4. The quantitative estimate of drug-likeness (QED) is 0.679. The largest absolute Gasteiger partial charge is 0.494 e. The van der Waals surface area contributed by atoms with E-state index in [1.807, 2.05) is 31.2 Å². The molecule has 0 saturated heterocycles. The number of rotatable bonds is 9. The van der Waals surface area contributed by atoms with Gasteiger partial charge in [0.15, 0.2) is 0 Å². The summed E-state index contributed by atoms with van der Waals surface area (Å²) in [5.74, 6) is 0.568. The van der Waals surface area contributed by atoms with Gasteiger partial charge in [-0.3, -0.25) is 4.79 Å². The van der Waals surface area contributed by atoms with Crippen LogP contribution in [0.2, 0.25) is 0 Å². The van der Waals surface area contributed by atoms with E-state index in [2.05, 4.69) is 0 Å². The number of carboxylic acid groups (broad SMARTS) is 1. The average molecular weight is 281 g/mol. The third-order valence-corrected chi connectivity index (χ3v) is 2.96. The summed E-state index contributed by atoms with van der Waals surface area (Å²) >= 11 is 0. The molecule has 1 rings (SSSR count). The van der Waals surface area contributed by atoms with Crippen molar-refractivity contribution in [3.63, 3.8) is 0 Å². The minimum absolute atomic E-state index is 0.435. The summed E-state index contributed by atoms with van der Waals surface area (Å²) in [6.45, 7) is 4.61. The van der Waals surface area contributed by atoms with Crippen molar-refractivity contribution in [3.05, 3.63) is 24.3 Å². The van der Waals surface area contributed by atoms with Gasteiger partial charge in [-0.1, -0.05) is 6.07 Å². The predicted octanol–water partition coefficient (Wildman–Crippen LogP) is 2.44. The van der Waals surface area contributed by atoms with Crippen molar-refractivity contribution in [2.45, 2.75) is 38.6 Å². The van der Waals surface area contributed by atoms with E-state index < -0.39 is 11.5 Å². The molecule has 3 N–H and O–H groups in total. The lowest BCUT2D eigenvalue weighted by molar-refractivity contribution is -0.142. The molecule has 5 nitrogen and oxygen atoms in total. The van der Waals surface area contributed by atoms with Crippen molar-refractivity contribution in [3.8, 4) is 11.5 Å². The maximum atomic E-state index is 10.8. The van der Waals surface area contributed by atoms with Crippen LogP contribution in [0.25, 0.3) is 0 Å². The van der Waals surface area contributed by atoms with Crippen LogP contribution in [0.3, 0.4) is 0 Å². The van der Waals surface area contributed by atoms with Gasteiger partial charge in [-0.15, -0.1) is 0 Å². The summed E-state index contributed by atoms with van der Waals surface area (Å²) in [7, 11) is 0. The zero-order valence-corrected chi connectivity index (χ0v) is 12.1. The third-order valence-electron chi connectivity index (χ3n) is 2.96. The van der Waals surface area contributed by atoms with Crippen molar-refractivity contribution in [1.29, 1.82) is 0 Å². The van der Waals surface area contributed by atoms with Gasteiger partial charge < -0.3 is 20.3 Å². The van der Waals surface area contributed by atoms with Crippen molar-refractivity contribution in [1.82, 2.24) is 0 Å². The van der Waals surface area contributed by atoms with Crippen LogP contribution in [0.15, 0.2) is 24.3 Å². The first-order valence-corrected chi connectivity index (χ1v) is 6.83. The number of carbonyl (C=O) groups is 1. The topological polar surface area (TPSA) is 81.8 Å². The van der Waals surface area contributed by atoms with Gasteiger partial charge >= 0.3 is 5.97 Å². The second-order valence-electron chi connectivity index (χ2n) is 4.94. The zero-order valence-electron chi connectivity index (χ0n) is 12.1. The molecule has 0 radical (unpaired) electrons. The summed E-state index contributed by atoms with van der Waals surface area (Å²) in [6, 6.07) is 7.46. The molecule has 1 atom stereocenters. The van der Waals surface area contributed by atoms with Crippen LogP contribution < -0.4 is 15.2 Å². The second-order valence-corrected chi connectivity index (χ2v) is 4.94. The van der Waals surface area contributed by atoms with E-state index in [1.165, 1.54) is 6.92 Å². The summed E-state index contributed by atoms with van der Waals surface area (Å²) in [5, 5.41) is 8.89. The molecule has 0 amide bonds. The van der Waals surface area contributed by atoms with Crippen molar-refractivity contribution < 1.29 is 19.4 Å². The SMILES string of the molecule is CCOc1cccc(OCCCCC(C)(N)C(=O)O)c1. The van der Waals surface area contributed by atoms with Crippen LogP contribution in [-0.4, -0.2) is 29.8 Å². The fourth-order valence-corrected chi connectivity index (χ4v) is 1.71. The maximum absolute atomic E-state index is 10.8. The molecule has 0 aromatic heterocycles. The standard InChI is InChI=1S/C15H23NO4/c1-3-19-12-7-6-8-13(11-12)20-10-5-4-9-15(2,16)14(17)18/h6-8,11H,3-5,9-10,16H2,1-2H3,(H,17,18). The van der Waals surface area contributed by atoms with Gasteiger partial charge in [-0.2, -0.15) is 0 Å². The molecule has 1 aromatic carbocycles. The van der Waals surface area contributed by atoms with Gasteiger partial charge in [0.05, 0.1) is 13.2 Å². The fourth-order valence-electron chi connectivity index (χ4n) is 1.71. The highest BCUT2D eigenvalue weighted by atomic mass is 16.5. The highest BCUT2D eigenvalue weighted by Gasteiger charge is 2.26. The lowest BCUT2D eigenvalue weighted by atomic mass is 9.97. The second kappa shape index (κ2) is 7.75. The first-order valence-electron chi connectivity index (χ1n) is 6.83. The molecule has 0 aliphatic carbocycles. The van der Waals surface area contributed by atoms with Gasteiger partial charge in [0.25, 0.3) is 0 Å². The number of nitrogens with two attached hydrogens (primary N) is 1. The Morgan fingerprint density at radius 3 is 2.55 bits per heavy atom. The molecule has 0 aliphatic heterocycles. The molecule has 0 fully saturated rings. The number of unbranched alkanes of at least 4 members (excludes halogenated alkanes) is 1. The van der Waals surface area contributed by atoms with Crippen molar-refractivity contribution in [2.24, 2.45) is 5.73 Å². The molecule has 0 heterocycles. The maximum Gasteiger partial charge on any atom is 0.323 e. The number of ether oxygens (including phenoxy) is 2. The van der Waals surface area contributed by atoms with E-state index in [1.54, 1.807) is 0 Å². The minimum Gasteiger partial charge on any atom is -0.494 e. The Balaban J connectivity index is 2.28. The van der Waals surface area contributed by atoms with Crippen LogP contribution in [0.4, 0.5) is 0 Å². The Morgan fingerprint density at radius 1 is 1.30 bits per heavy atom. The van der Waals surface area contributed by atoms with Crippen molar-refractivity contribution >= 4 is 5.97 Å². The summed E-state index contributed by atoms with van der Waals surface area (Å²) in [6.07, 6.45) is 1.91. The van der Waals surface area contributed by atoms with Gasteiger partial charge in [-0.25, -0.2) is 0 Å². The van der Waals surface area contributed by atoms with E-state index in [-0.39, 0.29) is 0 Å². The molecule has 0 spiro atoms. The molecular formula is C15H23NO4. The molecule has 0 saturated carbocycles. The van der Waals surface area contributed by atoms with Gasteiger partial charge in [0.1, 0.15) is 17.0 Å². The Hall–Kier alpha value is -1.75. The van der Waals surface area contributed by atoms with Crippen LogP contribution in [-0.2, 0) is 4.79 Å². The number of benzene rings is 1. The number of carboxylic acids is 1. The Morgan fingerprint density at radius 2 is 1.95 bits per heavy atom. The van der Waals surface area contributed by atoms with E-state index in [4.69, 9.17) is 20.3 Å². The Bertz CT molecular complexity index is 432. The molecule has 112 valence electrons. The number of aliphatic carboxylic acids is 1. The average Bonchev–Trinajstić information content (AvgIpc) is 2.39. The Kier molecular flexibility index (Phi) is 6.31. The van der Waals surface area contributed by atoms with E-state index in [9.17, 15) is 4.79 Å². The molecule has 1 aromatic rings. The predicted molar refractivity (Wildman–Crippen MR) is 77.2 cm³/mol. The van der Waals surface area contributed by atoms with Gasteiger partial charge in [-0.05, 0) is 45.2 Å². The van der Waals surface area contributed by atoms with Crippen LogP contribution in [0.5, 0.6) is 11.5 Å². The van der Waals surface area contributed by atoms with Crippen molar-refractivity contribution in [2.75, 3.05) is 13.2 Å². The lowest BCUT2D eigenvalue weighted by Gasteiger charge is -2.18. The molecule has 1 unspecified atom stereocenters. The summed E-state index contributed by atoms with van der Waals surface area (Å²) in [5.41, 5.74) is 4.49. The smallest absolute Gasteiger partial charge is 0.323 e. The van der Waals surface area contributed by atoms with Crippen LogP contribution >= 0.6 is 0 Å². The monoisotopic (exact) mass is 281 g/mol. The first kappa shape index (κ1) is 16.3. The molecule has 20 heavy (non-hydrogen) atoms. The fraction of sp³-hybridized carbons (Fsp3) is 0.533. The lowest BCUT2D eigenvalue weighted by Crippen LogP contribution is -2.44. The highest BCUT2D eigenvalue weighted by molar-refractivity contribution is 5.77. The highest BCUT2D eigenvalue weighted by Crippen LogP contribution is 2.20. The first-order chi connectivity index (χ1) is 9.45. The summed E-state index contributed by atoms with van der Waals surface area (Å²) < 4.78 is 11.0. The van der Waals surface area contributed by atoms with E-state index in [0.29, 0.717) is 26.1 Å². The van der Waals surface area contributed by atoms with Gasteiger partial charge in [0, 0.05) is 6.07 Å². The third kappa shape index (κ3) is 5.48. The minimum atomic E-state index is -1.16. The van der Waals surface area contributed by atoms with Crippen LogP contribution in [0, 0.1) is 0 Å². The molecule has 0 aliphatic rings. The molecule has 5 heteroatoms. The Labute approximate surface area is 119 Å². The zero-order chi connectivity index (χ0) is 15.0. The van der Waals surface area contributed by atoms with E-state index >= 15 is 0 Å². The molecular weight excluding hydrogens is 258 g/mol. The van der Waals surface area contributed by atoms with Crippen LogP contribution in [0.1, 0.15) is 33.1 Å². The van der Waals surface area contributed by atoms with E-state index in [0.717, 1.165) is 17.9 Å². The summed E-state index contributed by atoms with van der Waals surface area (Å²) in [4.78, 5) is 10.8. The van der Waals surface area contributed by atoms with Gasteiger partial charge in [0.2, 0.25) is 0 Å².